The van der Waals surface area contributed by atoms with Gasteiger partial charge in [0.2, 0.25) is 0 Å². The molecule has 13 heavy (non-hydrogen) atoms. The third-order valence-electron chi connectivity index (χ3n) is 2.11. The van der Waals surface area contributed by atoms with E-state index in [0.29, 0.717) is 17.9 Å². The van der Waals surface area contributed by atoms with E-state index in [9.17, 15) is 4.39 Å². The molecule has 1 fully saturated rings. The van der Waals surface area contributed by atoms with Crippen LogP contribution in [0.3, 0.4) is 0 Å². The van der Waals surface area contributed by atoms with Crippen molar-refractivity contribution in [1.29, 1.82) is 0 Å². The highest BCUT2D eigenvalue weighted by atomic mass is 19.1. The quantitative estimate of drug-likeness (QED) is 0.654. The summed E-state index contributed by atoms with van der Waals surface area (Å²) in [4.78, 5) is 0. The SMILES string of the molecule is COc1cc(C)cc(F)c1[C@@H]1CO1. The highest BCUT2D eigenvalue weighted by Gasteiger charge is 2.31. The lowest BCUT2D eigenvalue weighted by Crippen LogP contribution is -1.96. The first-order valence-corrected chi connectivity index (χ1v) is 4.18. The van der Waals surface area contributed by atoms with Crippen LogP contribution in [0.4, 0.5) is 4.39 Å². The molecule has 0 aliphatic carbocycles. The van der Waals surface area contributed by atoms with Crippen molar-refractivity contribution in [1.82, 2.24) is 0 Å². The Labute approximate surface area is 76.3 Å². The number of rotatable bonds is 2. The monoisotopic (exact) mass is 182 g/mol. The van der Waals surface area contributed by atoms with E-state index in [1.165, 1.54) is 6.07 Å². The number of hydrogen-bond acceptors (Lipinski definition) is 2. The van der Waals surface area contributed by atoms with Gasteiger partial charge >= 0.3 is 0 Å². The molecule has 3 heteroatoms. The minimum atomic E-state index is -0.237. The molecule has 0 saturated carbocycles. The van der Waals surface area contributed by atoms with Crippen LogP contribution in [0.1, 0.15) is 17.2 Å². The fraction of sp³-hybridized carbons (Fsp3) is 0.400. The van der Waals surface area contributed by atoms with Crippen LogP contribution < -0.4 is 4.74 Å². The Morgan fingerprint density at radius 2 is 2.23 bits per heavy atom. The molecule has 1 saturated heterocycles. The predicted molar refractivity (Wildman–Crippen MR) is 46.4 cm³/mol. The van der Waals surface area contributed by atoms with Crippen molar-refractivity contribution >= 4 is 0 Å². The molecule has 0 amide bonds. The first kappa shape index (κ1) is 8.51. The molecule has 1 heterocycles. The van der Waals surface area contributed by atoms with Crippen LogP contribution in [-0.2, 0) is 4.74 Å². The molecule has 0 aromatic heterocycles. The van der Waals surface area contributed by atoms with Gasteiger partial charge in [0.1, 0.15) is 17.7 Å². The van der Waals surface area contributed by atoms with Gasteiger partial charge in [-0.1, -0.05) is 0 Å². The number of halogens is 1. The van der Waals surface area contributed by atoms with Gasteiger partial charge in [0.05, 0.1) is 19.3 Å². The van der Waals surface area contributed by atoms with Gasteiger partial charge in [-0.15, -0.1) is 0 Å². The summed E-state index contributed by atoms with van der Waals surface area (Å²) >= 11 is 0. The smallest absolute Gasteiger partial charge is 0.133 e. The Bertz CT molecular complexity index is 332. The van der Waals surface area contributed by atoms with Crippen LogP contribution in [-0.4, -0.2) is 13.7 Å². The van der Waals surface area contributed by atoms with Crippen LogP contribution >= 0.6 is 0 Å². The first-order chi connectivity index (χ1) is 6.22. The summed E-state index contributed by atoms with van der Waals surface area (Å²) < 4.78 is 23.6. The van der Waals surface area contributed by atoms with E-state index in [-0.39, 0.29) is 11.9 Å². The van der Waals surface area contributed by atoms with Gasteiger partial charge in [-0.2, -0.15) is 0 Å². The van der Waals surface area contributed by atoms with Crippen LogP contribution in [0, 0.1) is 12.7 Å². The molecular weight excluding hydrogens is 171 g/mol. The molecule has 0 unspecified atom stereocenters. The molecular formula is C10H11FO2. The molecule has 2 nitrogen and oxygen atoms in total. The van der Waals surface area contributed by atoms with Crippen molar-refractivity contribution < 1.29 is 13.9 Å². The Hall–Kier alpha value is -1.09. The van der Waals surface area contributed by atoms with Gasteiger partial charge in [0.15, 0.2) is 0 Å². The van der Waals surface area contributed by atoms with E-state index < -0.39 is 0 Å². The zero-order chi connectivity index (χ0) is 9.42. The zero-order valence-corrected chi connectivity index (χ0v) is 7.63. The number of methoxy groups -OCH3 is 1. The summed E-state index contributed by atoms with van der Waals surface area (Å²) in [7, 11) is 1.54. The Balaban J connectivity index is 2.50. The maximum absolute atomic E-state index is 13.4. The lowest BCUT2D eigenvalue weighted by molar-refractivity contribution is 0.374. The molecule has 2 rings (SSSR count). The maximum Gasteiger partial charge on any atom is 0.133 e. The van der Waals surface area contributed by atoms with Gasteiger partial charge in [0, 0.05) is 0 Å². The van der Waals surface area contributed by atoms with Crippen molar-refractivity contribution in [2.75, 3.05) is 13.7 Å². The van der Waals surface area contributed by atoms with Crippen LogP contribution in [0.25, 0.3) is 0 Å². The molecule has 1 aromatic carbocycles. The average Bonchev–Trinajstić information content (AvgIpc) is 2.86. The van der Waals surface area contributed by atoms with Gasteiger partial charge in [-0.3, -0.25) is 0 Å². The van der Waals surface area contributed by atoms with Crippen molar-refractivity contribution in [3.8, 4) is 5.75 Å². The number of hydrogen-bond donors (Lipinski definition) is 0. The van der Waals surface area contributed by atoms with E-state index in [1.54, 1.807) is 7.11 Å². The van der Waals surface area contributed by atoms with Crippen molar-refractivity contribution in [3.05, 3.63) is 29.1 Å². The molecule has 1 atom stereocenters. The van der Waals surface area contributed by atoms with Crippen LogP contribution in [0.2, 0.25) is 0 Å². The van der Waals surface area contributed by atoms with Crippen molar-refractivity contribution in [2.24, 2.45) is 0 Å². The van der Waals surface area contributed by atoms with Crippen LogP contribution in [0.15, 0.2) is 12.1 Å². The van der Waals surface area contributed by atoms with Gasteiger partial charge in [0.25, 0.3) is 0 Å². The van der Waals surface area contributed by atoms with Crippen molar-refractivity contribution in [3.63, 3.8) is 0 Å². The lowest BCUT2D eigenvalue weighted by atomic mass is 10.1. The summed E-state index contributed by atoms with van der Waals surface area (Å²) in [6.45, 7) is 2.43. The lowest BCUT2D eigenvalue weighted by Gasteiger charge is -2.08. The van der Waals surface area contributed by atoms with Gasteiger partial charge in [-0.05, 0) is 24.6 Å². The molecule has 0 radical (unpaired) electrons. The summed E-state index contributed by atoms with van der Waals surface area (Å²) in [5.41, 5.74) is 1.41. The standard InChI is InChI=1S/C10H11FO2/c1-6-3-7(11)10(9-5-13-9)8(4-6)12-2/h3-4,9H,5H2,1-2H3/t9-/m0/s1. The Morgan fingerprint density at radius 3 is 2.77 bits per heavy atom. The van der Waals surface area contributed by atoms with E-state index in [0.717, 1.165) is 5.56 Å². The fourth-order valence-electron chi connectivity index (χ4n) is 1.42. The third kappa shape index (κ3) is 1.52. The fourth-order valence-corrected chi connectivity index (χ4v) is 1.42. The minimum Gasteiger partial charge on any atom is -0.496 e. The number of aryl methyl sites for hydroxylation is 1. The molecule has 1 aliphatic heterocycles. The molecule has 0 bridgehead atoms. The number of benzene rings is 1. The summed E-state index contributed by atoms with van der Waals surface area (Å²) in [6, 6.07) is 3.32. The second-order valence-electron chi connectivity index (χ2n) is 3.18. The zero-order valence-electron chi connectivity index (χ0n) is 7.63. The summed E-state index contributed by atoms with van der Waals surface area (Å²) in [5.74, 6) is 0.347. The molecule has 70 valence electrons. The highest BCUT2D eigenvalue weighted by Crippen LogP contribution is 2.38. The number of ether oxygens (including phenoxy) is 2. The average molecular weight is 182 g/mol. The molecule has 1 aliphatic rings. The van der Waals surface area contributed by atoms with E-state index in [2.05, 4.69) is 0 Å². The largest absolute Gasteiger partial charge is 0.496 e. The Morgan fingerprint density at radius 1 is 1.54 bits per heavy atom. The van der Waals surface area contributed by atoms with E-state index in [1.807, 2.05) is 13.0 Å². The normalized spacial score (nSPS) is 20.1. The predicted octanol–water partition coefficient (Wildman–Crippen LogP) is 2.21. The molecule has 1 aromatic rings. The summed E-state index contributed by atoms with van der Waals surface area (Å²) in [6.07, 6.45) is -0.101. The number of epoxide rings is 1. The first-order valence-electron chi connectivity index (χ1n) is 4.18. The maximum atomic E-state index is 13.4. The Kier molecular flexibility index (Phi) is 1.96. The summed E-state index contributed by atoms with van der Waals surface area (Å²) in [5, 5.41) is 0. The van der Waals surface area contributed by atoms with E-state index in [4.69, 9.17) is 9.47 Å². The minimum absolute atomic E-state index is 0.101. The molecule has 0 spiro atoms. The van der Waals surface area contributed by atoms with E-state index >= 15 is 0 Å². The topological polar surface area (TPSA) is 21.8 Å². The van der Waals surface area contributed by atoms with Gasteiger partial charge < -0.3 is 9.47 Å². The van der Waals surface area contributed by atoms with Crippen LogP contribution in [0.5, 0.6) is 5.75 Å². The van der Waals surface area contributed by atoms with Crippen molar-refractivity contribution in [2.45, 2.75) is 13.0 Å². The highest BCUT2D eigenvalue weighted by molar-refractivity contribution is 5.41. The van der Waals surface area contributed by atoms with Gasteiger partial charge in [-0.25, -0.2) is 4.39 Å². The second-order valence-corrected chi connectivity index (χ2v) is 3.18. The molecule has 0 N–H and O–H groups in total. The third-order valence-corrected chi connectivity index (χ3v) is 2.11. The second kappa shape index (κ2) is 3.00.